The van der Waals surface area contributed by atoms with Gasteiger partial charge >= 0.3 is 0 Å². The minimum Gasteiger partial charge on any atom is -0.395 e. The van der Waals surface area contributed by atoms with E-state index in [0.717, 1.165) is 31.9 Å². The molecule has 1 saturated heterocycles. The molecule has 1 aromatic heterocycles. The van der Waals surface area contributed by atoms with Crippen molar-refractivity contribution in [3.8, 4) is 6.07 Å². The second kappa shape index (κ2) is 7.07. The van der Waals surface area contributed by atoms with Crippen LogP contribution in [0.1, 0.15) is 24.8 Å². The molecule has 5 heteroatoms. The summed E-state index contributed by atoms with van der Waals surface area (Å²) in [5, 5.41) is 21.4. The first kappa shape index (κ1) is 13.8. The standard InChI is InChI=1S/C14H20N4O/c15-10-12-4-5-16-14(9-12)17-6-8-18-7-2-1-3-13(18)11-19/h4-5,9,13,19H,1-3,6-8,11H2,(H,16,17). The number of piperidine rings is 1. The number of nitrogens with one attached hydrogen (secondary N) is 1. The van der Waals surface area contributed by atoms with Gasteiger partial charge in [0.05, 0.1) is 18.2 Å². The number of rotatable bonds is 5. The largest absolute Gasteiger partial charge is 0.395 e. The summed E-state index contributed by atoms with van der Waals surface area (Å²) in [4.78, 5) is 6.50. The van der Waals surface area contributed by atoms with Crippen LogP contribution in [-0.2, 0) is 0 Å². The maximum Gasteiger partial charge on any atom is 0.127 e. The van der Waals surface area contributed by atoms with Crippen LogP contribution in [0.5, 0.6) is 0 Å². The lowest BCUT2D eigenvalue weighted by atomic mass is 10.0. The highest BCUT2D eigenvalue weighted by Crippen LogP contribution is 2.16. The summed E-state index contributed by atoms with van der Waals surface area (Å²) in [6.07, 6.45) is 5.14. The number of aromatic nitrogens is 1. The smallest absolute Gasteiger partial charge is 0.127 e. The number of anilines is 1. The Labute approximate surface area is 113 Å². The molecule has 0 radical (unpaired) electrons. The van der Waals surface area contributed by atoms with E-state index in [2.05, 4.69) is 21.3 Å². The fourth-order valence-electron chi connectivity index (χ4n) is 2.49. The van der Waals surface area contributed by atoms with Crippen LogP contribution in [0.4, 0.5) is 5.82 Å². The van der Waals surface area contributed by atoms with Crippen LogP contribution in [0.3, 0.4) is 0 Å². The fraction of sp³-hybridized carbons (Fsp3) is 0.571. The molecule has 1 atom stereocenters. The second-order valence-corrected chi connectivity index (χ2v) is 4.84. The zero-order valence-corrected chi connectivity index (χ0v) is 11.0. The SMILES string of the molecule is N#Cc1ccnc(NCCN2CCCCC2CO)c1. The van der Waals surface area contributed by atoms with Gasteiger partial charge in [-0.05, 0) is 31.5 Å². The van der Waals surface area contributed by atoms with E-state index >= 15 is 0 Å². The van der Waals surface area contributed by atoms with Crippen LogP contribution in [0.2, 0.25) is 0 Å². The first-order chi connectivity index (χ1) is 9.33. The van der Waals surface area contributed by atoms with E-state index < -0.39 is 0 Å². The molecule has 0 bridgehead atoms. The van der Waals surface area contributed by atoms with Crippen LogP contribution in [0, 0.1) is 11.3 Å². The molecule has 1 aliphatic rings. The van der Waals surface area contributed by atoms with E-state index in [4.69, 9.17) is 5.26 Å². The van der Waals surface area contributed by atoms with Gasteiger partial charge in [-0.15, -0.1) is 0 Å². The summed E-state index contributed by atoms with van der Waals surface area (Å²) >= 11 is 0. The third-order valence-electron chi connectivity index (χ3n) is 3.55. The Kier molecular flexibility index (Phi) is 5.13. The van der Waals surface area contributed by atoms with E-state index in [9.17, 15) is 5.11 Å². The average molecular weight is 260 g/mol. The van der Waals surface area contributed by atoms with Gasteiger partial charge < -0.3 is 10.4 Å². The molecule has 102 valence electrons. The number of nitriles is 1. The van der Waals surface area contributed by atoms with Crippen molar-refractivity contribution in [2.24, 2.45) is 0 Å². The summed E-state index contributed by atoms with van der Waals surface area (Å²) < 4.78 is 0. The Bertz CT molecular complexity index is 443. The molecule has 1 aromatic rings. The first-order valence-corrected chi connectivity index (χ1v) is 6.78. The van der Waals surface area contributed by atoms with Gasteiger partial charge in [-0.1, -0.05) is 6.42 Å². The van der Waals surface area contributed by atoms with Crippen molar-refractivity contribution in [3.63, 3.8) is 0 Å². The lowest BCUT2D eigenvalue weighted by Gasteiger charge is -2.34. The monoisotopic (exact) mass is 260 g/mol. The molecule has 5 nitrogen and oxygen atoms in total. The van der Waals surface area contributed by atoms with Crippen molar-refractivity contribution in [2.75, 3.05) is 31.6 Å². The highest BCUT2D eigenvalue weighted by atomic mass is 16.3. The molecule has 0 spiro atoms. The van der Waals surface area contributed by atoms with Gasteiger partial charge in [-0.25, -0.2) is 4.98 Å². The number of pyridine rings is 1. The van der Waals surface area contributed by atoms with E-state index in [1.165, 1.54) is 12.8 Å². The van der Waals surface area contributed by atoms with Crippen LogP contribution in [-0.4, -0.2) is 47.3 Å². The quantitative estimate of drug-likeness (QED) is 0.832. The minimum absolute atomic E-state index is 0.238. The third kappa shape index (κ3) is 3.91. The predicted octanol–water partition coefficient (Wildman–Crippen LogP) is 1.21. The van der Waals surface area contributed by atoms with E-state index in [0.29, 0.717) is 11.6 Å². The number of aliphatic hydroxyl groups is 1. The molecule has 1 unspecified atom stereocenters. The normalized spacial score (nSPS) is 19.9. The Morgan fingerprint density at radius 3 is 3.21 bits per heavy atom. The van der Waals surface area contributed by atoms with E-state index in [1.54, 1.807) is 18.3 Å². The molecule has 1 aliphatic heterocycles. The Balaban J connectivity index is 1.80. The van der Waals surface area contributed by atoms with Gasteiger partial charge in [0, 0.05) is 25.3 Å². The van der Waals surface area contributed by atoms with Gasteiger partial charge in [-0.2, -0.15) is 5.26 Å². The van der Waals surface area contributed by atoms with E-state index in [1.807, 2.05) is 0 Å². The molecule has 1 fully saturated rings. The average Bonchev–Trinajstić information content (AvgIpc) is 2.48. The molecule has 0 saturated carbocycles. The van der Waals surface area contributed by atoms with Crippen LogP contribution in [0.15, 0.2) is 18.3 Å². The Morgan fingerprint density at radius 2 is 2.42 bits per heavy atom. The number of hydrogen-bond donors (Lipinski definition) is 2. The van der Waals surface area contributed by atoms with Crippen molar-refractivity contribution < 1.29 is 5.11 Å². The predicted molar refractivity (Wildman–Crippen MR) is 73.7 cm³/mol. The Hall–Kier alpha value is -1.64. The summed E-state index contributed by atoms with van der Waals surface area (Å²) in [5.74, 6) is 0.733. The lowest BCUT2D eigenvalue weighted by Crippen LogP contribution is -2.44. The van der Waals surface area contributed by atoms with Crippen LogP contribution >= 0.6 is 0 Å². The number of hydrogen-bond acceptors (Lipinski definition) is 5. The number of aliphatic hydroxyl groups excluding tert-OH is 1. The molecule has 0 aromatic carbocycles. The lowest BCUT2D eigenvalue weighted by molar-refractivity contribution is 0.0940. The topological polar surface area (TPSA) is 72.2 Å². The minimum atomic E-state index is 0.238. The summed E-state index contributed by atoms with van der Waals surface area (Å²) in [6, 6.07) is 5.84. The van der Waals surface area contributed by atoms with Gasteiger partial charge in [0.2, 0.25) is 0 Å². The van der Waals surface area contributed by atoms with Gasteiger partial charge in [0.15, 0.2) is 0 Å². The zero-order valence-electron chi connectivity index (χ0n) is 11.0. The molecular formula is C14H20N4O. The molecule has 0 aliphatic carbocycles. The fourth-order valence-corrected chi connectivity index (χ4v) is 2.49. The van der Waals surface area contributed by atoms with Crippen molar-refractivity contribution in [2.45, 2.75) is 25.3 Å². The summed E-state index contributed by atoms with van der Waals surface area (Å²) in [6.45, 7) is 2.96. The highest BCUT2D eigenvalue weighted by Gasteiger charge is 2.20. The molecule has 2 N–H and O–H groups in total. The van der Waals surface area contributed by atoms with Crippen molar-refractivity contribution in [1.29, 1.82) is 5.26 Å². The van der Waals surface area contributed by atoms with Crippen molar-refractivity contribution in [1.82, 2.24) is 9.88 Å². The maximum absolute atomic E-state index is 9.34. The summed E-state index contributed by atoms with van der Waals surface area (Å²) in [5.41, 5.74) is 0.615. The number of nitrogens with zero attached hydrogens (tertiary/aromatic N) is 3. The molecular weight excluding hydrogens is 240 g/mol. The zero-order chi connectivity index (χ0) is 13.5. The van der Waals surface area contributed by atoms with Gasteiger partial charge in [0.25, 0.3) is 0 Å². The Morgan fingerprint density at radius 1 is 1.53 bits per heavy atom. The summed E-state index contributed by atoms with van der Waals surface area (Å²) in [7, 11) is 0. The van der Waals surface area contributed by atoms with Crippen molar-refractivity contribution in [3.05, 3.63) is 23.9 Å². The maximum atomic E-state index is 9.34. The molecule has 0 amide bonds. The molecule has 19 heavy (non-hydrogen) atoms. The highest BCUT2D eigenvalue weighted by molar-refractivity contribution is 5.42. The first-order valence-electron chi connectivity index (χ1n) is 6.78. The number of likely N-dealkylation sites (tertiary alicyclic amines) is 1. The van der Waals surface area contributed by atoms with Gasteiger partial charge in [-0.3, -0.25) is 4.90 Å². The van der Waals surface area contributed by atoms with E-state index in [-0.39, 0.29) is 6.61 Å². The molecule has 2 rings (SSSR count). The third-order valence-corrected chi connectivity index (χ3v) is 3.55. The second-order valence-electron chi connectivity index (χ2n) is 4.84. The van der Waals surface area contributed by atoms with Crippen LogP contribution < -0.4 is 5.32 Å². The van der Waals surface area contributed by atoms with Crippen molar-refractivity contribution >= 4 is 5.82 Å². The van der Waals surface area contributed by atoms with Crippen LogP contribution in [0.25, 0.3) is 0 Å². The molecule has 2 heterocycles. The van der Waals surface area contributed by atoms with Gasteiger partial charge in [0.1, 0.15) is 5.82 Å².